The molecule has 0 spiro atoms. The first-order valence-corrected chi connectivity index (χ1v) is 20.9. The van der Waals surface area contributed by atoms with Crippen molar-refractivity contribution in [1.29, 1.82) is 0 Å². The molecular formula is C46H42ClN5O5S. The standard InChI is InChI=1S/C46H42ClN5O5S/c1-32-27-40(15-17-43(32)49-30-33-18-25-56-26-19-33)58(54,55)50-46(53)42-16-13-38(28-45(42)57-39-14-10-35-6-4-20-48-44(35)29-39)52-23-21-51(22-24-52)31-36-5-2-3-7-41(36)34-8-11-37(47)12-9-34/h2-20,25,27-29,49H,21-24,26,30-31H2,1H3,(H,50,53). The highest BCUT2D eigenvalue weighted by Crippen LogP contribution is 2.33. The molecule has 2 aliphatic rings. The molecule has 1 saturated heterocycles. The van der Waals surface area contributed by atoms with E-state index in [1.807, 2.05) is 67.6 Å². The summed E-state index contributed by atoms with van der Waals surface area (Å²) in [6, 6.07) is 35.7. The van der Waals surface area contributed by atoms with Crippen molar-refractivity contribution in [3.8, 4) is 22.6 Å². The fourth-order valence-corrected chi connectivity index (χ4v) is 8.35. The topological polar surface area (TPSA) is 113 Å². The van der Waals surface area contributed by atoms with E-state index in [0.29, 0.717) is 23.9 Å². The van der Waals surface area contributed by atoms with Crippen molar-refractivity contribution in [1.82, 2.24) is 14.6 Å². The number of hydrogen-bond acceptors (Lipinski definition) is 9. The maximum absolute atomic E-state index is 13.9. The third-order valence-corrected chi connectivity index (χ3v) is 11.9. The number of hydrogen-bond donors (Lipinski definition) is 2. The van der Waals surface area contributed by atoms with E-state index in [9.17, 15) is 13.2 Å². The molecule has 10 nitrogen and oxygen atoms in total. The van der Waals surface area contributed by atoms with E-state index in [4.69, 9.17) is 21.1 Å². The van der Waals surface area contributed by atoms with E-state index in [1.54, 1.807) is 36.7 Å². The van der Waals surface area contributed by atoms with Crippen molar-refractivity contribution < 1.29 is 22.7 Å². The molecule has 0 atom stereocenters. The van der Waals surface area contributed by atoms with E-state index in [-0.39, 0.29) is 16.2 Å². The largest absolute Gasteiger partial charge is 0.497 e. The molecule has 6 aromatic rings. The Morgan fingerprint density at radius 2 is 1.72 bits per heavy atom. The van der Waals surface area contributed by atoms with Gasteiger partial charge < -0.3 is 19.7 Å². The summed E-state index contributed by atoms with van der Waals surface area (Å²) in [5.41, 5.74) is 7.79. The predicted octanol–water partition coefficient (Wildman–Crippen LogP) is 8.98. The van der Waals surface area contributed by atoms with Crippen molar-refractivity contribution in [2.24, 2.45) is 0 Å². The highest BCUT2D eigenvalue weighted by molar-refractivity contribution is 7.90. The van der Waals surface area contributed by atoms with Crippen LogP contribution in [0.25, 0.3) is 22.0 Å². The minimum Gasteiger partial charge on any atom is -0.497 e. The molecule has 5 aromatic carbocycles. The first-order chi connectivity index (χ1) is 28.2. The Hall–Kier alpha value is -6.14. The zero-order valence-electron chi connectivity index (χ0n) is 31.9. The second kappa shape index (κ2) is 17.2. The second-order valence-electron chi connectivity index (χ2n) is 14.2. The molecule has 1 fully saturated rings. The number of aromatic nitrogens is 1. The van der Waals surface area contributed by atoms with Crippen LogP contribution in [0.2, 0.25) is 5.02 Å². The summed E-state index contributed by atoms with van der Waals surface area (Å²) in [5.74, 6) is -0.107. The van der Waals surface area contributed by atoms with Gasteiger partial charge in [0.15, 0.2) is 0 Å². The van der Waals surface area contributed by atoms with Gasteiger partial charge in [0, 0.05) is 79.4 Å². The number of carbonyl (C=O) groups excluding carboxylic acids is 1. The molecular weight excluding hydrogens is 770 g/mol. The van der Waals surface area contributed by atoms with Gasteiger partial charge in [0.1, 0.15) is 18.1 Å². The summed E-state index contributed by atoms with van der Waals surface area (Å²) in [6.45, 7) is 6.82. The molecule has 3 heterocycles. The van der Waals surface area contributed by atoms with Crippen LogP contribution >= 0.6 is 11.6 Å². The molecule has 1 aromatic heterocycles. The molecule has 12 heteroatoms. The molecule has 58 heavy (non-hydrogen) atoms. The molecule has 0 bridgehead atoms. The van der Waals surface area contributed by atoms with Crippen molar-refractivity contribution in [2.75, 3.05) is 49.5 Å². The number of nitrogens with zero attached hydrogens (tertiary/aromatic N) is 3. The Morgan fingerprint density at radius 3 is 2.52 bits per heavy atom. The number of rotatable bonds is 12. The SMILES string of the molecule is Cc1cc(S(=O)(=O)NC(=O)c2ccc(N3CCN(Cc4ccccc4-c4ccc(Cl)cc4)CC3)cc2Oc2ccc3cccnc3c2)ccc1NCC1=CCOC=C1. The molecule has 0 unspecified atom stereocenters. The Labute approximate surface area is 343 Å². The number of anilines is 2. The summed E-state index contributed by atoms with van der Waals surface area (Å²) in [7, 11) is -4.24. The van der Waals surface area contributed by atoms with Crippen molar-refractivity contribution in [3.63, 3.8) is 0 Å². The van der Waals surface area contributed by atoms with Crippen LogP contribution in [0, 0.1) is 6.92 Å². The number of ether oxygens (including phenoxy) is 2. The lowest BCUT2D eigenvalue weighted by molar-refractivity contribution is 0.0979. The quantitative estimate of drug-likeness (QED) is 0.125. The summed E-state index contributed by atoms with van der Waals surface area (Å²) in [6.07, 6.45) is 7.22. The van der Waals surface area contributed by atoms with Gasteiger partial charge in [-0.1, -0.05) is 54.1 Å². The van der Waals surface area contributed by atoms with E-state index in [0.717, 1.165) is 71.7 Å². The summed E-state index contributed by atoms with van der Waals surface area (Å²) in [5, 5.41) is 4.99. The first-order valence-electron chi connectivity index (χ1n) is 19.1. The molecule has 0 radical (unpaired) electrons. The number of sulfonamides is 1. The van der Waals surface area contributed by atoms with Gasteiger partial charge in [-0.3, -0.25) is 14.7 Å². The van der Waals surface area contributed by atoms with Crippen LogP contribution in [0.3, 0.4) is 0 Å². The number of carbonyl (C=O) groups is 1. The van der Waals surface area contributed by atoms with Crippen LogP contribution in [0.5, 0.6) is 11.5 Å². The summed E-state index contributed by atoms with van der Waals surface area (Å²) >= 11 is 6.16. The van der Waals surface area contributed by atoms with Gasteiger partial charge in [-0.2, -0.15) is 0 Å². The monoisotopic (exact) mass is 811 g/mol. The minimum absolute atomic E-state index is 0.0255. The normalized spacial score (nSPS) is 14.4. The fourth-order valence-electron chi connectivity index (χ4n) is 7.17. The van der Waals surface area contributed by atoms with Crippen LogP contribution in [0.15, 0.2) is 150 Å². The summed E-state index contributed by atoms with van der Waals surface area (Å²) in [4.78, 5) is 23.0. The molecule has 0 saturated carbocycles. The maximum Gasteiger partial charge on any atom is 0.268 e. The molecule has 1 amide bonds. The molecule has 8 rings (SSSR count). The van der Waals surface area contributed by atoms with Gasteiger partial charge in [-0.25, -0.2) is 13.1 Å². The van der Waals surface area contributed by atoms with Crippen LogP contribution in [0.4, 0.5) is 11.4 Å². The third-order valence-electron chi connectivity index (χ3n) is 10.4. The first kappa shape index (κ1) is 38.7. The minimum atomic E-state index is -4.24. The van der Waals surface area contributed by atoms with Crippen LogP contribution in [-0.2, 0) is 21.3 Å². The highest BCUT2D eigenvalue weighted by atomic mass is 35.5. The number of pyridine rings is 1. The zero-order chi connectivity index (χ0) is 40.1. The number of halogens is 1. The Balaban J connectivity index is 0.998. The van der Waals surface area contributed by atoms with Gasteiger partial charge >= 0.3 is 0 Å². The van der Waals surface area contributed by atoms with E-state index in [2.05, 4.69) is 61.2 Å². The molecule has 2 N–H and O–H groups in total. The van der Waals surface area contributed by atoms with E-state index in [1.165, 1.54) is 17.2 Å². The number of aryl methyl sites for hydroxylation is 1. The van der Waals surface area contributed by atoms with Crippen molar-refractivity contribution >= 4 is 49.8 Å². The Bertz CT molecular complexity index is 2640. The molecule has 294 valence electrons. The van der Waals surface area contributed by atoms with E-state index < -0.39 is 15.9 Å². The zero-order valence-corrected chi connectivity index (χ0v) is 33.5. The number of benzene rings is 5. The lowest BCUT2D eigenvalue weighted by atomic mass is 9.99. The summed E-state index contributed by atoms with van der Waals surface area (Å²) < 4.78 is 41.2. The van der Waals surface area contributed by atoms with E-state index >= 15 is 0 Å². The smallest absolute Gasteiger partial charge is 0.268 e. The highest BCUT2D eigenvalue weighted by Gasteiger charge is 2.25. The average molecular weight is 812 g/mol. The number of amides is 1. The number of fused-ring (bicyclic) bond motifs is 1. The van der Waals surface area contributed by atoms with Crippen LogP contribution in [0.1, 0.15) is 21.5 Å². The van der Waals surface area contributed by atoms with Gasteiger partial charge in [0.25, 0.3) is 15.9 Å². The Kier molecular flexibility index (Phi) is 11.5. The van der Waals surface area contributed by atoms with Gasteiger partial charge in [-0.15, -0.1) is 0 Å². The maximum atomic E-state index is 13.9. The van der Waals surface area contributed by atoms with Crippen LogP contribution < -0.4 is 19.7 Å². The Morgan fingerprint density at radius 1 is 0.897 bits per heavy atom. The lowest BCUT2D eigenvalue weighted by Crippen LogP contribution is -2.46. The van der Waals surface area contributed by atoms with Gasteiger partial charge in [-0.05, 0) is 108 Å². The fraction of sp³-hybridized carbons (Fsp3) is 0.174. The lowest BCUT2D eigenvalue weighted by Gasteiger charge is -2.36. The van der Waals surface area contributed by atoms with Crippen LogP contribution in [-0.4, -0.2) is 63.5 Å². The van der Waals surface area contributed by atoms with Crippen molar-refractivity contribution in [3.05, 3.63) is 167 Å². The third kappa shape index (κ3) is 9.02. The predicted molar refractivity (Wildman–Crippen MR) is 230 cm³/mol. The number of nitrogens with one attached hydrogen (secondary N) is 2. The second-order valence-corrected chi connectivity index (χ2v) is 16.4. The van der Waals surface area contributed by atoms with Gasteiger partial charge in [0.05, 0.1) is 22.2 Å². The molecule has 0 aliphatic carbocycles. The molecule has 2 aliphatic heterocycles. The number of piperazine rings is 1. The van der Waals surface area contributed by atoms with Crippen molar-refractivity contribution in [2.45, 2.75) is 18.4 Å². The van der Waals surface area contributed by atoms with Gasteiger partial charge in [0.2, 0.25) is 0 Å². The average Bonchev–Trinajstić information content (AvgIpc) is 3.24.